The number of methoxy groups -OCH3 is 2. The predicted octanol–water partition coefficient (Wildman–Crippen LogP) is 2.67. The highest BCUT2D eigenvalue weighted by atomic mass is 19.1. The Morgan fingerprint density at radius 2 is 1.68 bits per heavy atom. The summed E-state index contributed by atoms with van der Waals surface area (Å²) in [7, 11) is 3.11. The van der Waals surface area contributed by atoms with Crippen LogP contribution in [0.2, 0.25) is 0 Å². The summed E-state index contributed by atoms with van der Waals surface area (Å²) in [6.45, 7) is 1.68. The van der Waals surface area contributed by atoms with Crippen LogP contribution >= 0.6 is 0 Å². The van der Waals surface area contributed by atoms with Crippen LogP contribution in [0.5, 0.6) is 11.5 Å². The molecule has 1 fully saturated rings. The summed E-state index contributed by atoms with van der Waals surface area (Å²) in [5.74, 6) is 0.263. The van der Waals surface area contributed by atoms with Crippen LogP contribution in [0.3, 0.4) is 0 Å². The number of aryl methyl sites for hydroxylation is 1. The summed E-state index contributed by atoms with van der Waals surface area (Å²) in [4.78, 5) is 28.0. The molecule has 2 aromatic carbocycles. The summed E-state index contributed by atoms with van der Waals surface area (Å²) >= 11 is 0. The highest BCUT2D eigenvalue weighted by Gasteiger charge is 2.23. The predicted molar refractivity (Wildman–Crippen MR) is 114 cm³/mol. The van der Waals surface area contributed by atoms with E-state index < -0.39 is 5.97 Å². The molecule has 0 bridgehead atoms. The van der Waals surface area contributed by atoms with Gasteiger partial charge in [-0.05, 0) is 36.2 Å². The number of rotatable bonds is 8. The van der Waals surface area contributed by atoms with Gasteiger partial charge >= 0.3 is 5.97 Å². The van der Waals surface area contributed by atoms with E-state index in [1.54, 1.807) is 43.4 Å². The second kappa shape index (κ2) is 10.7. The van der Waals surface area contributed by atoms with Crippen molar-refractivity contribution in [1.29, 1.82) is 0 Å². The van der Waals surface area contributed by atoms with Crippen LogP contribution in [-0.4, -0.2) is 63.8 Å². The Bertz CT molecular complexity index is 913. The molecule has 31 heavy (non-hydrogen) atoms. The third-order valence-corrected chi connectivity index (χ3v) is 5.25. The molecule has 3 rings (SSSR count). The molecular weight excluding hydrogens is 403 g/mol. The number of amides is 1. The first-order valence-corrected chi connectivity index (χ1v) is 10.2. The Kier molecular flexibility index (Phi) is 7.70. The quantitative estimate of drug-likeness (QED) is 0.600. The average Bonchev–Trinajstić information content (AvgIpc) is 2.81. The van der Waals surface area contributed by atoms with Crippen LogP contribution < -0.4 is 14.4 Å². The first-order valence-electron chi connectivity index (χ1n) is 10.2. The normalized spacial score (nSPS) is 13.6. The molecule has 0 unspecified atom stereocenters. The molecule has 1 aliphatic heterocycles. The fraction of sp³-hybridized carbons (Fsp3) is 0.391. The molecule has 0 aliphatic carbocycles. The van der Waals surface area contributed by atoms with Crippen molar-refractivity contribution in [2.75, 3.05) is 51.9 Å². The van der Waals surface area contributed by atoms with Crippen molar-refractivity contribution >= 4 is 17.6 Å². The number of ether oxygens (including phenoxy) is 3. The molecule has 0 radical (unpaired) electrons. The first-order chi connectivity index (χ1) is 15.0. The Hall–Kier alpha value is -3.29. The van der Waals surface area contributed by atoms with Gasteiger partial charge in [-0.3, -0.25) is 9.59 Å². The van der Waals surface area contributed by atoms with Gasteiger partial charge in [0.15, 0.2) is 18.1 Å². The topological polar surface area (TPSA) is 68.3 Å². The van der Waals surface area contributed by atoms with Crippen LogP contribution in [0, 0.1) is 5.82 Å². The second-order valence-electron chi connectivity index (χ2n) is 7.17. The summed E-state index contributed by atoms with van der Waals surface area (Å²) in [6.07, 6.45) is 0.624. The van der Waals surface area contributed by atoms with Gasteiger partial charge in [-0.25, -0.2) is 4.39 Å². The van der Waals surface area contributed by atoms with E-state index >= 15 is 0 Å². The number of esters is 1. The van der Waals surface area contributed by atoms with Crippen LogP contribution in [0.4, 0.5) is 10.1 Å². The van der Waals surface area contributed by atoms with Gasteiger partial charge in [0.2, 0.25) is 0 Å². The maximum Gasteiger partial charge on any atom is 0.306 e. The molecule has 1 amide bonds. The van der Waals surface area contributed by atoms with Gasteiger partial charge in [0.25, 0.3) is 5.91 Å². The number of nitrogens with zero attached hydrogens (tertiary/aromatic N) is 2. The minimum Gasteiger partial charge on any atom is -0.493 e. The Balaban J connectivity index is 1.41. The Morgan fingerprint density at radius 1 is 0.968 bits per heavy atom. The summed E-state index contributed by atoms with van der Waals surface area (Å²) < 4.78 is 29.5. The lowest BCUT2D eigenvalue weighted by Gasteiger charge is -2.36. The lowest BCUT2D eigenvalue weighted by atomic mass is 10.1. The molecule has 0 aromatic heterocycles. The molecule has 0 N–H and O–H groups in total. The van der Waals surface area contributed by atoms with E-state index in [-0.39, 0.29) is 24.8 Å². The van der Waals surface area contributed by atoms with Crippen molar-refractivity contribution in [2.45, 2.75) is 12.8 Å². The highest BCUT2D eigenvalue weighted by molar-refractivity contribution is 5.81. The minimum absolute atomic E-state index is 0.157. The molecule has 8 heteroatoms. The number of hydrogen-bond acceptors (Lipinski definition) is 6. The van der Waals surface area contributed by atoms with Crippen molar-refractivity contribution < 1.29 is 28.2 Å². The zero-order chi connectivity index (χ0) is 22.2. The van der Waals surface area contributed by atoms with Crippen molar-refractivity contribution in [3.8, 4) is 11.5 Å². The van der Waals surface area contributed by atoms with Gasteiger partial charge in [-0.2, -0.15) is 0 Å². The summed E-state index contributed by atoms with van der Waals surface area (Å²) in [6, 6.07) is 12.0. The molecule has 0 saturated carbocycles. The second-order valence-corrected chi connectivity index (χ2v) is 7.17. The van der Waals surface area contributed by atoms with E-state index in [2.05, 4.69) is 0 Å². The van der Waals surface area contributed by atoms with Crippen molar-refractivity contribution in [1.82, 2.24) is 4.90 Å². The van der Waals surface area contributed by atoms with Gasteiger partial charge in [-0.1, -0.05) is 18.2 Å². The molecule has 0 atom stereocenters. The van der Waals surface area contributed by atoms with Gasteiger partial charge < -0.3 is 24.0 Å². The zero-order valence-corrected chi connectivity index (χ0v) is 17.8. The maximum absolute atomic E-state index is 13.9. The van der Waals surface area contributed by atoms with Crippen molar-refractivity contribution in [3.63, 3.8) is 0 Å². The maximum atomic E-state index is 13.9. The fourth-order valence-corrected chi connectivity index (χ4v) is 3.49. The third kappa shape index (κ3) is 5.87. The molecule has 0 spiro atoms. The van der Waals surface area contributed by atoms with Gasteiger partial charge in [0.1, 0.15) is 5.82 Å². The summed E-state index contributed by atoms with van der Waals surface area (Å²) in [5, 5.41) is 0. The van der Waals surface area contributed by atoms with E-state index in [0.717, 1.165) is 5.56 Å². The van der Waals surface area contributed by atoms with Crippen LogP contribution in [0.25, 0.3) is 0 Å². The SMILES string of the molecule is COc1ccc(CCC(=O)OCC(=O)N2CCN(c3ccccc3F)CC2)cc1OC. The van der Waals surface area contributed by atoms with Crippen LogP contribution in [0.1, 0.15) is 12.0 Å². The van der Waals surface area contributed by atoms with E-state index in [4.69, 9.17) is 14.2 Å². The summed E-state index contributed by atoms with van der Waals surface area (Å²) in [5.41, 5.74) is 1.45. The average molecular weight is 430 g/mol. The number of hydrogen-bond donors (Lipinski definition) is 0. The Labute approximate surface area is 181 Å². The third-order valence-electron chi connectivity index (χ3n) is 5.25. The van der Waals surface area contributed by atoms with E-state index in [1.165, 1.54) is 6.07 Å². The number of halogens is 1. The molecule has 1 saturated heterocycles. The Morgan fingerprint density at radius 3 is 2.35 bits per heavy atom. The van der Waals surface area contributed by atoms with E-state index in [1.807, 2.05) is 17.0 Å². The molecular formula is C23H27FN2O5. The molecule has 166 valence electrons. The first kappa shape index (κ1) is 22.4. The molecule has 1 heterocycles. The van der Waals surface area contributed by atoms with Gasteiger partial charge in [-0.15, -0.1) is 0 Å². The van der Waals surface area contributed by atoms with Crippen molar-refractivity contribution in [2.24, 2.45) is 0 Å². The monoisotopic (exact) mass is 430 g/mol. The highest BCUT2D eigenvalue weighted by Crippen LogP contribution is 2.28. The number of piperazine rings is 1. The van der Waals surface area contributed by atoms with Crippen LogP contribution in [0.15, 0.2) is 42.5 Å². The number of anilines is 1. The minimum atomic E-state index is -0.437. The number of para-hydroxylation sites is 1. The van der Waals surface area contributed by atoms with Crippen molar-refractivity contribution in [3.05, 3.63) is 53.8 Å². The number of carbonyl (C=O) groups excluding carboxylic acids is 2. The fourth-order valence-electron chi connectivity index (χ4n) is 3.49. The molecule has 2 aromatic rings. The van der Waals surface area contributed by atoms with E-state index in [9.17, 15) is 14.0 Å². The standard InChI is InChI=1S/C23H27FN2O5/c1-29-20-9-7-17(15-21(20)30-2)8-10-23(28)31-16-22(27)26-13-11-25(12-14-26)19-6-4-3-5-18(19)24/h3-7,9,15H,8,10-14,16H2,1-2H3. The lowest BCUT2D eigenvalue weighted by Crippen LogP contribution is -2.50. The van der Waals surface area contributed by atoms with Gasteiger partial charge in [0, 0.05) is 32.6 Å². The molecule has 1 aliphatic rings. The van der Waals surface area contributed by atoms with E-state index in [0.29, 0.717) is 49.8 Å². The zero-order valence-electron chi connectivity index (χ0n) is 17.8. The lowest BCUT2D eigenvalue weighted by molar-refractivity contribution is -0.152. The smallest absolute Gasteiger partial charge is 0.306 e. The molecule has 7 nitrogen and oxygen atoms in total. The largest absolute Gasteiger partial charge is 0.493 e. The number of benzene rings is 2. The number of carbonyl (C=O) groups is 2. The van der Waals surface area contributed by atoms with Crippen LogP contribution in [-0.2, 0) is 20.7 Å². The van der Waals surface area contributed by atoms with Gasteiger partial charge in [0.05, 0.1) is 19.9 Å².